The number of halogens is 1. The highest BCUT2D eigenvalue weighted by molar-refractivity contribution is 5.96. The Balaban J connectivity index is 0.00000264. The van der Waals surface area contributed by atoms with E-state index in [9.17, 15) is 4.79 Å². The molecule has 1 aliphatic rings. The Labute approximate surface area is 144 Å². The zero-order valence-corrected chi connectivity index (χ0v) is 14.7. The van der Waals surface area contributed by atoms with E-state index in [-0.39, 0.29) is 23.7 Å². The molecule has 130 valence electrons. The third-order valence-electron chi connectivity index (χ3n) is 4.16. The highest BCUT2D eigenvalue weighted by atomic mass is 35.5. The number of para-hydroxylation sites is 1. The second-order valence-electron chi connectivity index (χ2n) is 6.08. The number of piperidine rings is 1. The smallest absolute Gasteiger partial charge is 0.255 e. The van der Waals surface area contributed by atoms with E-state index in [4.69, 9.17) is 9.47 Å². The molecular weight excluding hydrogens is 316 g/mol. The second-order valence-corrected chi connectivity index (χ2v) is 6.08. The van der Waals surface area contributed by atoms with E-state index < -0.39 is 0 Å². The van der Waals surface area contributed by atoms with Gasteiger partial charge in [0.05, 0.1) is 12.2 Å². The Morgan fingerprint density at radius 2 is 1.96 bits per heavy atom. The molecule has 0 radical (unpaired) electrons. The van der Waals surface area contributed by atoms with E-state index in [1.54, 1.807) is 13.2 Å². The lowest BCUT2D eigenvalue weighted by molar-refractivity contribution is 0.0914. The Kier molecular flexibility index (Phi) is 8.37. The first-order valence-electron chi connectivity index (χ1n) is 7.84. The molecule has 0 aromatic heterocycles. The summed E-state index contributed by atoms with van der Waals surface area (Å²) in [6.07, 6.45) is 2.17. The van der Waals surface area contributed by atoms with E-state index in [1.165, 1.54) is 0 Å². The highest BCUT2D eigenvalue weighted by Gasteiger charge is 2.27. The third kappa shape index (κ3) is 6.01. The van der Waals surface area contributed by atoms with Crippen LogP contribution in [0.5, 0.6) is 5.75 Å². The van der Waals surface area contributed by atoms with Crippen LogP contribution in [0.15, 0.2) is 24.3 Å². The normalized spacial score (nSPS) is 16.3. The first-order valence-corrected chi connectivity index (χ1v) is 7.84. The van der Waals surface area contributed by atoms with Crippen LogP contribution < -0.4 is 15.4 Å². The van der Waals surface area contributed by atoms with Crippen molar-refractivity contribution in [1.82, 2.24) is 10.6 Å². The first-order chi connectivity index (χ1) is 10.6. The predicted molar refractivity (Wildman–Crippen MR) is 93.6 cm³/mol. The van der Waals surface area contributed by atoms with Gasteiger partial charge >= 0.3 is 0 Å². The summed E-state index contributed by atoms with van der Waals surface area (Å²) in [5.41, 5.74) is 0.753. The van der Waals surface area contributed by atoms with Gasteiger partial charge in [-0.1, -0.05) is 19.1 Å². The summed E-state index contributed by atoms with van der Waals surface area (Å²) in [5, 5.41) is 6.41. The molecule has 23 heavy (non-hydrogen) atoms. The molecule has 1 heterocycles. The fourth-order valence-electron chi connectivity index (χ4n) is 2.61. The number of benzene rings is 1. The Hall–Kier alpha value is -1.30. The van der Waals surface area contributed by atoms with Gasteiger partial charge in [-0.05, 0) is 43.5 Å². The van der Waals surface area contributed by atoms with Gasteiger partial charge in [0.15, 0.2) is 0 Å². The molecule has 2 N–H and O–H groups in total. The van der Waals surface area contributed by atoms with Crippen LogP contribution in [0, 0.1) is 5.41 Å². The predicted octanol–water partition coefficient (Wildman–Crippen LogP) is 2.25. The molecule has 1 aromatic carbocycles. The van der Waals surface area contributed by atoms with Crippen LogP contribution in [0.3, 0.4) is 0 Å². The number of carbonyl (C=O) groups is 1. The number of hydrogen-bond donors (Lipinski definition) is 2. The van der Waals surface area contributed by atoms with E-state index in [0.29, 0.717) is 31.1 Å². The van der Waals surface area contributed by atoms with Crippen LogP contribution in [0.1, 0.15) is 30.1 Å². The Bertz CT molecular complexity index is 490. The van der Waals surface area contributed by atoms with Crippen molar-refractivity contribution < 1.29 is 14.3 Å². The van der Waals surface area contributed by atoms with Crippen molar-refractivity contribution in [2.45, 2.75) is 19.8 Å². The molecule has 1 saturated heterocycles. The second kappa shape index (κ2) is 9.75. The van der Waals surface area contributed by atoms with Crippen molar-refractivity contribution >= 4 is 18.3 Å². The van der Waals surface area contributed by atoms with Crippen molar-refractivity contribution in [3.63, 3.8) is 0 Å². The Morgan fingerprint density at radius 1 is 1.26 bits per heavy atom. The summed E-state index contributed by atoms with van der Waals surface area (Å²) in [6, 6.07) is 7.33. The quantitative estimate of drug-likeness (QED) is 0.746. The maximum Gasteiger partial charge on any atom is 0.255 e. The molecule has 0 atom stereocenters. The van der Waals surface area contributed by atoms with Gasteiger partial charge in [0.2, 0.25) is 0 Å². The molecule has 5 nitrogen and oxygen atoms in total. The molecule has 0 bridgehead atoms. The van der Waals surface area contributed by atoms with Crippen LogP contribution in [-0.4, -0.2) is 45.9 Å². The van der Waals surface area contributed by atoms with Gasteiger partial charge in [0.25, 0.3) is 5.91 Å². The molecule has 0 spiro atoms. The summed E-state index contributed by atoms with van der Waals surface area (Å²) in [4.78, 5) is 12.4. The minimum absolute atomic E-state index is 0. The van der Waals surface area contributed by atoms with E-state index in [0.717, 1.165) is 25.9 Å². The number of hydrogen-bond acceptors (Lipinski definition) is 4. The van der Waals surface area contributed by atoms with Crippen molar-refractivity contribution in [1.29, 1.82) is 0 Å². The van der Waals surface area contributed by atoms with Crippen LogP contribution in [0.25, 0.3) is 0 Å². The summed E-state index contributed by atoms with van der Waals surface area (Å²) in [6.45, 7) is 5.90. The molecule has 1 aromatic rings. The zero-order valence-electron chi connectivity index (χ0n) is 13.9. The van der Waals surface area contributed by atoms with Crippen LogP contribution in [0.2, 0.25) is 0 Å². The number of rotatable bonds is 7. The monoisotopic (exact) mass is 342 g/mol. The molecule has 1 aliphatic heterocycles. The van der Waals surface area contributed by atoms with E-state index >= 15 is 0 Å². The first kappa shape index (κ1) is 19.7. The lowest BCUT2D eigenvalue weighted by atomic mass is 9.81. The molecule has 0 saturated carbocycles. The van der Waals surface area contributed by atoms with Crippen LogP contribution in [0.4, 0.5) is 0 Å². The van der Waals surface area contributed by atoms with Gasteiger partial charge in [0, 0.05) is 13.7 Å². The maximum absolute atomic E-state index is 12.4. The van der Waals surface area contributed by atoms with Crippen molar-refractivity contribution in [3.8, 4) is 5.75 Å². The summed E-state index contributed by atoms with van der Waals surface area (Å²) in [7, 11) is 1.63. The van der Waals surface area contributed by atoms with E-state index in [1.807, 2.05) is 18.2 Å². The summed E-state index contributed by atoms with van der Waals surface area (Å²) >= 11 is 0. The van der Waals surface area contributed by atoms with Crippen molar-refractivity contribution in [2.24, 2.45) is 5.41 Å². The fourth-order valence-corrected chi connectivity index (χ4v) is 2.61. The molecule has 0 aliphatic carbocycles. The number of ether oxygens (including phenoxy) is 2. The number of methoxy groups -OCH3 is 1. The van der Waals surface area contributed by atoms with Crippen molar-refractivity contribution in [3.05, 3.63) is 29.8 Å². The average Bonchev–Trinajstić information content (AvgIpc) is 2.54. The van der Waals surface area contributed by atoms with Crippen LogP contribution in [-0.2, 0) is 4.74 Å². The molecule has 6 heteroatoms. The zero-order chi connectivity index (χ0) is 15.8. The topological polar surface area (TPSA) is 59.6 Å². The largest absolute Gasteiger partial charge is 0.490 e. The Morgan fingerprint density at radius 3 is 2.65 bits per heavy atom. The molecule has 1 fully saturated rings. The lowest BCUT2D eigenvalue weighted by Crippen LogP contribution is -2.42. The van der Waals surface area contributed by atoms with Crippen LogP contribution >= 0.6 is 12.4 Å². The minimum atomic E-state index is -0.0761. The summed E-state index contributed by atoms with van der Waals surface area (Å²) < 4.78 is 10.6. The molecule has 0 unspecified atom stereocenters. The third-order valence-corrected chi connectivity index (χ3v) is 4.16. The average molecular weight is 343 g/mol. The molecule has 1 amide bonds. The summed E-state index contributed by atoms with van der Waals surface area (Å²) in [5.74, 6) is 0.528. The van der Waals surface area contributed by atoms with E-state index in [2.05, 4.69) is 17.6 Å². The fraction of sp³-hybridized carbons (Fsp3) is 0.588. The van der Waals surface area contributed by atoms with Crippen molar-refractivity contribution in [2.75, 3.05) is 40.0 Å². The number of amides is 1. The SMILES string of the molecule is COCCOc1ccccc1C(=O)NCC1(C)CCNCC1.Cl. The maximum atomic E-state index is 12.4. The highest BCUT2D eigenvalue weighted by Crippen LogP contribution is 2.27. The minimum Gasteiger partial charge on any atom is -0.490 e. The standard InChI is InChI=1S/C17H26N2O3.ClH/c1-17(7-9-18-10-8-17)13-19-16(20)14-5-3-4-6-15(14)22-12-11-21-2;/h3-6,18H,7-13H2,1-2H3,(H,19,20);1H. The van der Waals surface area contributed by atoms with Gasteiger partial charge in [-0.3, -0.25) is 4.79 Å². The van der Waals surface area contributed by atoms with Gasteiger partial charge in [-0.2, -0.15) is 0 Å². The number of carbonyl (C=O) groups excluding carboxylic acids is 1. The van der Waals surface area contributed by atoms with Gasteiger partial charge in [-0.25, -0.2) is 0 Å². The number of nitrogens with one attached hydrogen (secondary N) is 2. The van der Waals surface area contributed by atoms with Gasteiger partial charge in [0.1, 0.15) is 12.4 Å². The molecular formula is C17H27ClN2O3. The molecule has 2 rings (SSSR count). The van der Waals surface area contributed by atoms with Gasteiger partial charge < -0.3 is 20.1 Å². The lowest BCUT2D eigenvalue weighted by Gasteiger charge is -2.34. The van der Waals surface area contributed by atoms with Gasteiger partial charge in [-0.15, -0.1) is 12.4 Å².